The minimum absolute atomic E-state index is 0.169. The number of aliphatic hydroxyl groups is 1. The third kappa shape index (κ3) is 3.98. The molecule has 0 heterocycles. The number of nitrogens with zero attached hydrogens (tertiary/aromatic N) is 1. The SMILES string of the molecule is O[C@H]1c2cc(F)c(F)cc2CC[C@@H]1N(Cc1ccccc1)Cc1ccccc1. The van der Waals surface area contributed by atoms with Gasteiger partial charge in [-0.25, -0.2) is 8.78 Å². The van der Waals surface area contributed by atoms with Crippen molar-refractivity contribution in [3.8, 4) is 0 Å². The van der Waals surface area contributed by atoms with E-state index in [1.54, 1.807) is 0 Å². The Morgan fingerprint density at radius 1 is 0.821 bits per heavy atom. The Bertz CT molecular complexity index is 889. The van der Waals surface area contributed by atoms with Gasteiger partial charge in [-0.3, -0.25) is 4.90 Å². The summed E-state index contributed by atoms with van der Waals surface area (Å²) >= 11 is 0. The molecule has 1 N–H and O–H groups in total. The summed E-state index contributed by atoms with van der Waals surface area (Å²) in [5, 5.41) is 11.0. The van der Waals surface area contributed by atoms with Gasteiger partial charge in [-0.2, -0.15) is 0 Å². The largest absolute Gasteiger partial charge is 0.387 e. The van der Waals surface area contributed by atoms with Crippen molar-refractivity contribution < 1.29 is 13.9 Å². The van der Waals surface area contributed by atoms with Gasteiger partial charge in [-0.1, -0.05) is 60.7 Å². The molecule has 0 aliphatic heterocycles. The number of fused-ring (bicyclic) bond motifs is 1. The number of benzene rings is 3. The van der Waals surface area contributed by atoms with Crippen LogP contribution in [0.4, 0.5) is 8.78 Å². The van der Waals surface area contributed by atoms with E-state index in [9.17, 15) is 13.9 Å². The molecule has 0 bridgehead atoms. The second-order valence-electron chi connectivity index (χ2n) is 7.39. The minimum atomic E-state index is -0.906. The topological polar surface area (TPSA) is 23.5 Å². The molecule has 2 atom stereocenters. The molecule has 144 valence electrons. The van der Waals surface area contributed by atoms with Crippen LogP contribution in [-0.2, 0) is 19.5 Å². The van der Waals surface area contributed by atoms with E-state index >= 15 is 0 Å². The zero-order valence-electron chi connectivity index (χ0n) is 15.6. The molecule has 2 nitrogen and oxygen atoms in total. The highest BCUT2D eigenvalue weighted by Gasteiger charge is 2.33. The van der Waals surface area contributed by atoms with Crippen LogP contribution in [0.5, 0.6) is 0 Å². The summed E-state index contributed by atoms with van der Waals surface area (Å²) in [5.41, 5.74) is 3.51. The third-order valence-electron chi connectivity index (χ3n) is 5.50. The Kier molecular flexibility index (Phi) is 5.51. The summed E-state index contributed by atoms with van der Waals surface area (Å²) in [4.78, 5) is 2.24. The van der Waals surface area contributed by atoms with Crippen LogP contribution in [0, 0.1) is 11.6 Å². The molecule has 4 heteroatoms. The number of rotatable bonds is 5. The molecular weight excluding hydrogens is 356 g/mol. The van der Waals surface area contributed by atoms with Crippen molar-refractivity contribution in [2.24, 2.45) is 0 Å². The van der Waals surface area contributed by atoms with Crippen LogP contribution in [0.2, 0.25) is 0 Å². The molecule has 0 saturated heterocycles. The van der Waals surface area contributed by atoms with Gasteiger partial charge in [0.1, 0.15) is 0 Å². The van der Waals surface area contributed by atoms with Crippen molar-refractivity contribution in [2.75, 3.05) is 0 Å². The molecule has 0 fully saturated rings. The molecular formula is C24H23F2NO. The molecule has 28 heavy (non-hydrogen) atoms. The first kappa shape index (κ1) is 18.8. The Balaban J connectivity index is 1.64. The fraction of sp³-hybridized carbons (Fsp3) is 0.250. The summed E-state index contributed by atoms with van der Waals surface area (Å²) in [6, 6.07) is 22.4. The van der Waals surface area contributed by atoms with E-state index in [0.29, 0.717) is 37.1 Å². The average Bonchev–Trinajstić information content (AvgIpc) is 2.71. The Morgan fingerprint density at radius 2 is 1.36 bits per heavy atom. The van der Waals surface area contributed by atoms with Crippen molar-refractivity contribution >= 4 is 0 Å². The molecule has 0 unspecified atom stereocenters. The summed E-state index contributed by atoms with van der Waals surface area (Å²) in [5.74, 6) is -1.76. The molecule has 0 amide bonds. The van der Waals surface area contributed by atoms with Gasteiger partial charge in [0.25, 0.3) is 0 Å². The van der Waals surface area contributed by atoms with Crippen LogP contribution in [0.15, 0.2) is 72.8 Å². The lowest BCUT2D eigenvalue weighted by atomic mass is 9.84. The maximum absolute atomic E-state index is 13.8. The second-order valence-corrected chi connectivity index (χ2v) is 7.39. The highest BCUT2D eigenvalue weighted by Crippen LogP contribution is 2.35. The van der Waals surface area contributed by atoms with E-state index in [1.165, 1.54) is 6.07 Å². The van der Waals surface area contributed by atoms with E-state index in [-0.39, 0.29) is 6.04 Å². The molecule has 0 spiro atoms. The minimum Gasteiger partial charge on any atom is -0.387 e. The van der Waals surface area contributed by atoms with Crippen molar-refractivity contribution in [3.05, 3.63) is 107 Å². The predicted molar refractivity (Wildman–Crippen MR) is 106 cm³/mol. The predicted octanol–water partition coefficient (Wildman–Crippen LogP) is 5.02. The molecule has 4 rings (SSSR count). The molecule has 1 aliphatic rings. The first-order chi connectivity index (χ1) is 13.6. The highest BCUT2D eigenvalue weighted by atomic mass is 19.2. The number of hydrogen-bond acceptors (Lipinski definition) is 2. The lowest BCUT2D eigenvalue weighted by molar-refractivity contribution is 0.0263. The maximum atomic E-state index is 13.8. The second kappa shape index (κ2) is 8.21. The van der Waals surface area contributed by atoms with Crippen LogP contribution < -0.4 is 0 Å². The van der Waals surface area contributed by atoms with E-state index in [0.717, 1.165) is 17.2 Å². The quantitative estimate of drug-likeness (QED) is 0.673. The van der Waals surface area contributed by atoms with Gasteiger partial charge in [0.2, 0.25) is 0 Å². The monoisotopic (exact) mass is 379 g/mol. The van der Waals surface area contributed by atoms with Crippen LogP contribution in [0.25, 0.3) is 0 Å². The smallest absolute Gasteiger partial charge is 0.159 e. The highest BCUT2D eigenvalue weighted by molar-refractivity contribution is 5.34. The van der Waals surface area contributed by atoms with E-state index in [1.807, 2.05) is 36.4 Å². The first-order valence-corrected chi connectivity index (χ1v) is 9.59. The standard InChI is InChI=1S/C24H23F2NO/c25-21-13-19-11-12-23(24(28)20(19)14-22(21)26)27(15-17-7-3-1-4-8-17)16-18-9-5-2-6-10-18/h1-10,13-14,23-24,28H,11-12,15-16H2/t23-,24-/m0/s1. The third-order valence-corrected chi connectivity index (χ3v) is 5.50. The molecule has 3 aromatic rings. The zero-order valence-corrected chi connectivity index (χ0v) is 15.6. The van der Waals surface area contributed by atoms with Gasteiger partial charge in [0, 0.05) is 19.1 Å². The van der Waals surface area contributed by atoms with Gasteiger partial charge >= 0.3 is 0 Å². The van der Waals surface area contributed by atoms with Gasteiger partial charge in [-0.15, -0.1) is 0 Å². The van der Waals surface area contributed by atoms with Crippen molar-refractivity contribution in [3.63, 3.8) is 0 Å². The normalized spacial score (nSPS) is 18.9. The molecule has 0 radical (unpaired) electrons. The first-order valence-electron chi connectivity index (χ1n) is 9.59. The van der Waals surface area contributed by atoms with Crippen molar-refractivity contribution in [1.29, 1.82) is 0 Å². The number of aliphatic hydroxyl groups excluding tert-OH is 1. The van der Waals surface area contributed by atoms with Gasteiger partial charge < -0.3 is 5.11 Å². The number of aryl methyl sites for hydroxylation is 1. The van der Waals surface area contributed by atoms with Crippen molar-refractivity contribution in [2.45, 2.75) is 38.1 Å². The zero-order chi connectivity index (χ0) is 19.5. The number of hydrogen-bond donors (Lipinski definition) is 1. The van der Waals surface area contributed by atoms with Crippen molar-refractivity contribution in [1.82, 2.24) is 4.90 Å². The fourth-order valence-corrected chi connectivity index (χ4v) is 4.07. The molecule has 1 aliphatic carbocycles. The summed E-state index contributed by atoms with van der Waals surface area (Å²) < 4.78 is 27.4. The van der Waals surface area contributed by atoms with E-state index in [4.69, 9.17) is 0 Å². The molecule has 3 aromatic carbocycles. The summed E-state index contributed by atoms with van der Waals surface area (Å²) in [7, 11) is 0. The summed E-state index contributed by atoms with van der Waals surface area (Å²) in [6.45, 7) is 1.35. The lowest BCUT2D eigenvalue weighted by Crippen LogP contribution is -2.41. The van der Waals surface area contributed by atoms with E-state index in [2.05, 4.69) is 29.2 Å². The fourth-order valence-electron chi connectivity index (χ4n) is 4.07. The Morgan fingerprint density at radius 3 is 1.93 bits per heavy atom. The van der Waals surface area contributed by atoms with Crippen LogP contribution in [0.3, 0.4) is 0 Å². The average molecular weight is 379 g/mol. The summed E-state index contributed by atoms with van der Waals surface area (Å²) in [6.07, 6.45) is 0.457. The van der Waals surface area contributed by atoms with Crippen LogP contribution in [-0.4, -0.2) is 16.0 Å². The van der Waals surface area contributed by atoms with Crippen LogP contribution in [0.1, 0.15) is 34.8 Å². The molecule has 0 aromatic heterocycles. The van der Waals surface area contributed by atoms with Crippen LogP contribution >= 0.6 is 0 Å². The molecule has 0 saturated carbocycles. The van der Waals surface area contributed by atoms with E-state index < -0.39 is 17.7 Å². The van der Waals surface area contributed by atoms with Gasteiger partial charge in [0.05, 0.1) is 6.10 Å². The Labute approximate surface area is 164 Å². The number of halogens is 2. The Hall–Kier alpha value is -2.56. The maximum Gasteiger partial charge on any atom is 0.159 e. The van der Waals surface area contributed by atoms with Gasteiger partial charge in [0.15, 0.2) is 11.6 Å². The lowest BCUT2D eigenvalue weighted by Gasteiger charge is -2.39. The van der Waals surface area contributed by atoms with Gasteiger partial charge in [-0.05, 0) is 47.2 Å².